The molecule has 0 saturated heterocycles. The molecule has 2 N–H and O–H groups in total. The number of hydrogen-bond acceptors (Lipinski definition) is 4. The standard InChI is InChI=1S/C25H34O4/c1-17(8-6-10-20-14-22(28-4)16-23(15-20)29-5)9-7-11-24(26)21-12-18(2)25(27)19(3)13-21/h8,12-16,24,26-27H,6-7,9-11H2,1-5H3/b17-8+. The lowest BCUT2D eigenvalue weighted by atomic mass is 9.97. The molecule has 0 aliphatic heterocycles. The molecule has 0 saturated carbocycles. The van der Waals surface area contributed by atoms with Gasteiger partial charge in [-0.1, -0.05) is 11.6 Å². The average Bonchev–Trinajstić information content (AvgIpc) is 2.71. The van der Waals surface area contributed by atoms with E-state index in [0.717, 1.165) is 53.9 Å². The third kappa shape index (κ3) is 6.82. The summed E-state index contributed by atoms with van der Waals surface area (Å²) in [5, 5.41) is 20.4. The van der Waals surface area contributed by atoms with Crippen LogP contribution in [0.5, 0.6) is 17.2 Å². The van der Waals surface area contributed by atoms with Crippen LogP contribution in [0.2, 0.25) is 0 Å². The van der Waals surface area contributed by atoms with Gasteiger partial charge in [0.1, 0.15) is 17.2 Å². The maximum Gasteiger partial charge on any atom is 0.122 e. The van der Waals surface area contributed by atoms with Gasteiger partial charge in [0.05, 0.1) is 20.3 Å². The van der Waals surface area contributed by atoms with E-state index in [0.29, 0.717) is 12.2 Å². The van der Waals surface area contributed by atoms with Crippen LogP contribution in [-0.4, -0.2) is 24.4 Å². The van der Waals surface area contributed by atoms with E-state index in [1.165, 1.54) is 11.1 Å². The van der Waals surface area contributed by atoms with Crippen molar-refractivity contribution in [1.29, 1.82) is 0 Å². The number of ether oxygens (including phenoxy) is 2. The largest absolute Gasteiger partial charge is 0.507 e. The van der Waals surface area contributed by atoms with Crippen LogP contribution < -0.4 is 9.47 Å². The van der Waals surface area contributed by atoms with Gasteiger partial charge in [-0.15, -0.1) is 0 Å². The molecule has 1 unspecified atom stereocenters. The first-order chi connectivity index (χ1) is 13.8. The lowest BCUT2D eigenvalue weighted by molar-refractivity contribution is 0.164. The Labute approximate surface area is 174 Å². The smallest absolute Gasteiger partial charge is 0.122 e. The van der Waals surface area contributed by atoms with Crippen molar-refractivity contribution in [2.45, 2.75) is 59.0 Å². The van der Waals surface area contributed by atoms with Crippen LogP contribution in [0, 0.1) is 13.8 Å². The number of phenols is 1. The number of benzene rings is 2. The molecule has 0 radical (unpaired) electrons. The van der Waals surface area contributed by atoms with Gasteiger partial charge in [-0.05, 0) is 99.4 Å². The second kappa shape index (κ2) is 10.9. The Bertz CT molecular complexity index is 793. The zero-order chi connectivity index (χ0) is 21.4. The maximum absolute atomic E-state index is 10.5. The summed E-state index contributed by atoms with van der Waals surface area (Å²) in [5.74, 6) is 1.94. The minimum atomic E-state index is -0.495. The molecule has 0 bridgehead atoms. The van der Waals surface area contributed by atoms with Crippen LogP contribution in [0.1, 0.15) is 61.0 Å². The molecule has 0 fully saturated rings. The number of hydrogen-bond donors (Lipinski definition) is 2. The summed E-state index contributed by atoms with van der Waals surface area (Å²) >= 11 is 0. The molecule has 2 aromatic carbocycles. The van der Waals surface area contributed by atoms with Crippen molar-refractivity contribution in [3.8, 4) is 17.2 Å². The molecule has 2 aromatic rings. The van der Waals surface area contributed by atoms with Crippen LogP contribution in [-0.2, 0) is 6.42 Å². The van der Waals surface area contributed by atoms with Gasteiger partial charge < -0.3 is 19.7 Å². The van der Waals surface area contributed by atoms with Crippen molar-refractivity contribution in [1.82, 2.24) is 0 Å². The van der Waals surface area contributed by atoms with Gasteiger partial charge in [0, 0.05) is 6.07 Å². The molecule has 0 amide bonds. The minimum Gasteiger partial charge on any atom is -0.507 e. The summed E-state index contributed by atoms with van der Waals surface area (Å²) < 4.78 is 10.6. The normalized spacial score (nSPS) is 12.7. The number of allylic oxidation sites excluding steroid dienone is 2. The zero-order valence-electron chi connectivity index (χ0n) is 18.3. The van der Waals surface area contributed by atoms with E-state index >= 15 is 0 Å². The number of methoxy groups -OCH3 is 2. The predicted octanol–water partition coefficient (Wildman–Crippen LogP) is 5.81. The molecule has 158 valence electrons. The van der Waals surface area contributed by atoms with Gasteiger partial charge in [-0.3, -0.25) is 0 Å². The number of rotatable bonds is 10. The maximum atomic E-state index is 10.5. The summed E-state index contributed by atoms with van der Waals surface area (Å²) in [6.07, 6.45) is 6.27. The highest BCUT2D eigenvalue weighted by Crippen LogP contribution is 2.29. The summed E-state index contributed by atoms with van der Waals surface area (Å²) in [5.41, 5.74) is 5.03. The number of aryl methyl sites for hydroxylation is 3. The van der Waals surface area contributed by atoms with Gasteiger partial charge in [0.15, 0.2) is 0 Å². The van der Waals surface area contributed by atoms with Crippen molar-refractivity contribution in [2.24, 2.45) is 0 Å². The van der Waals surface area contributed by atoms with Gasteiger partial charge in [0.25, 0.3) is 0 Å². The highest BCUT2D eigenvalue weighted by molar-refractivity contribution is 5.42. The molecular formula is C25H34O4. The number of phenolic OH excluding ortho intramolecular Hbond substituents is 1. The van der Waals surface area contributed by atoms with Crippen LogP contribution >= 0.6 is 0 Å². The van der Waals surface area contributed by atoms with Gasteiger partial charge in [-0.2, -0.15) is 0 Å². The van der Waals surface area contributed by atoms with Crippen molar-refractivity contribution in [2.75, 3.05) is 14.2 Å². The molecule has 4 heteroatoms. The Hall–Kier alpha value is -2.46. The molecule has 1 atom stereocenters. The van der Waals surface area contributed by atoms with E-state index in [2.05, 4.69) is 13.0 Å². The third-order valence-corrected chi connectivity index (χ3v) is 5.28. The quantitative estimate of drug-likeness (QED) is 0.496. The Morgan fingerprint density at radius 3 is 2.14 bits per heavy atom. The molecule has 4 nitrogen and oxygen atoms in total. The first-order valence-electron chi connectivity index (χ1n) is 10.2. The summed E-state index contributed by atoms with van der Waals surface area (Å²) in [6, 6.07) is 9.72. The van der Waals surface area contributed by atoms with E-state index in [1.807, 2.05) is 44.2 Å². The summed E-state index contributed by atoms with van der Waals surface area (Å²) in [6.45, 7) is 5.88. The van der Waals surface area contributed by atoms with Crippen LogP contribution in [0.4, 0.5) is 0 Å². The Balaban J connectivity index is 1.82. The first-order valence-corrected chi connectivity index (χ1v) is 10.2. The molecule has 0 spiro atoms. The Kier molecular flexibility index (Phi) is 8.59. The van der Waals surface area contributed by atoms with Crippen LogP contribution in [0.15, 0.2) is 42.0 Å². The fraction of sp³-hybridized carbons (Fsp3) is 0.440. The molecule has 0 aliphatic carbocycles. The highest BCUT2D eigenvalue weighted by atomic mass is 16.5. The van der Waals surface area contributed by atoms with E-state index in [4.69, 9.17) is 9.47 Å². The number of aliphatic hydroxyl groups is 1. The average molecular weight is 399 g/mol. The van der Waals surface area contributed by atoms with Gasteiger partial charge >= 0.3 is 0 Å². The fourth-order valence-electron chi connectivity index (χ4n) is 3.52. The van der Waals surface area contributed by atoms with Gasteiger partial charge in [0.2, 0.25) is 0 Å². The van der Waals surface area contributed by atoms with Crippen molar-refractivity contribution < 1.29 is 19.7 Å². The number of aromatic hydroxyl groups is 1. The molecule has 0 aliphatic rings. The van der Waals surface area contributed by atoms with Crippen molar-refractivity contribution in [3.05, 3.63) is 64.2 Å². The van der Waals surface area contributed by atoms with Gasteiger partial charge in [-0.25, -0.2) is 0 Å². The lowest BCUT2D eigenvalue weighted by Crippen LogP contribution is -1.99. The monoisotopic (exact) mass is 398 g/mol. The molecule has 29 heavy (non-hydrogen) atoms. The fourth-order valence-corrected chi connectivity index (χ4v) is 3.52. The van der Waals surface area contributed by atoms with E-state index in [-0.39, 0.29) is 0 Å². The topological polar surface area (TPSA) is 58.9 Å². The molecular weight excluding hydrogens is 364 g/mol. The van der Waals surface area contributed by atoms with Crippen LogP contribution in [0.25, 0.3) is 0 Å². The second-order valence-corrected chi connectivity index (χ2v) is 7.72. The summed E-state index contributed by atoms with van der Waals surface area (Å²) in [4.78, 5) is 0. The van der Waals surface area contributed by atoms with E-state index < -0.39 is 6.10 Å². The van der Waals surface area contributed by atoms with E-state index in [1.54, 1.807) is 14.2 Å². The highest BCUT2D eigenvalue weighted by Gasteiger charge is 2.11. The number of aliphatic hydroxyl groups excluding tert-OH is 1. The second-order valence-electron chi connectivity index (χ2n) is 7.72. The van der Waals surface area contributed by atoms with Crippen molar-refractivity contribution >= 4 is 0 Å². The molecule has 0 aromatic heterocycles. The third-order valence-electron chi connectivity index (χ3n) is 5.28. The zero-order valence-corrected chi connectivity index (χ0v) is 18.3. The molecule has 2 rings (SSSR count). The predicted molar refractivity (Wildman–Crippen MR) is 118 cm³/mol. The lowest BCUT2D eigenvalue weighted by Gasteiger charge is -2.14. The minimum absolute atomic E-state index is 0.313. The van der Waals surface area contributed by atoms with Crippen molar-refractivity contribution in [3.63, 3.8) is 0 Å². The molecule has 0 heterocycles. The SMILES string of the molecule is COc1cc(CC/C=C(\C)CCCC(O)c2cc(C)c(O)c(C)c2)cc(OC)c1. The van der Waals surface area contributed by atoms with E-state index in [9.17, 15) is 10.2 Å². The van der Waals surface area contributed by atoms with Crippen LogP contribution in [0.3, 0.4) is 0 Å². The Morgan fingerprint density at radius 1 is 1.00 bits per heavy atom. The first kappa shape index (κ1) is 22.8. The summed E-state index contributed by atoms with van der Waals surface area (Å²) in [7, 11) is 3.33. The Morgan fingerprint density at radius 2 is 1.59 bits per heavy atom.